The van der Waals surface area contributed by atoms with Crippen molar-refractivity contribution in [2.75, 3.05) is 78.9 Å². The normalized spacial score (nSPS) is 17.7. The maximum absolute atomic E-state index is 13.0. The molecular weight excluding hydrogens is 532 g/mol. The van der Waals surface area contributed by atoms with Crippen molar-refractivity contribution < 1.29 is 9.53 Å². The predicted octanol–water partition coefficient (Wildman–Crippen LogP) is 4.81. The molecule has 0 radical (unpaired) electrons. The Morgan fingerprint density at radius 2 is 1.54 bits per heavy atom. The summed E-state index contributed by atoms with van der Waals surface area (Å²) in [6.07, 6.45) is 4.83. The summed E-state index contributed by atoms with van der Waals surface area (Å²) in [4.78, 5) is 36.4. The van der Waals surface area contributed by atoms with Crippen LogP contribution in [0.3, 0.4) is 0 Å². The van der Waals surface area contributed by atoms with Gasteiger partial charge in [0.05, 0.1) is 12.8 Å². The number of ether oxygens (including phenoxy) is 1. The van der Waals surface area contributed by atoms with Gasteiger partial charge in [-0.3, -0.25) is 9.52 Å². The largest absolute Gasteiger partial charge is 0.497 e. The average molecular weight is 567 g/mol. The van der Waals surface area contributed by atoms with Crippen LogP contribution >= 0.6 is 23.3 Å². The molecule has 2 aromatic heterocycles. The topological polar surface area (TPSA) is 90.0 Å². The lowest BCUT2D eigenvalue weighted by Crippen LogP contribution is -2.48. The van der Waals surface area contributed by atoms with Crippen molar-refractivity contribution in [3.8, 4) is 17.0 Å². The number of carbonyl (C=O) groups is 1. The Hall–Kier alpha value is -3.25. The van der Waals surface area contributed by atoms with Gasteiger partial charge in [-0.2, -0.15) is 9.97 Å². The number of nitrogens with zero attached hydrogens (tertiary/aromatic N) is 7. The second-order valence-electron chi connectivity index (χ2n) is 9.99. The Morgan fingerprint density at radius 1 is 0.872 bits per heavy atom. The van der Waals surface area contributed by atoms with Crippen LogP contribution in [-0.2, 0) is 0 Å². The molecule has 3 fully saturated rings. The average Bonchev–Trinajstić information content (AvgIpc) is 3.79. The molecular formula is C27H34N8O2S2. The minimum Gasteiger partial charge on any atom is -0.497 e. The van der Waals surface area contributed by atoms with Gasteiger partial charge in [0.1, 0.15) is 17.4 Å². The molecule has 0 spiro atoms. The summed E-state index contributed by atoms with van der Waals surface area (Å²) in [6.45, 7) is 6.97. The molecule has 0 saturated carbocycles. The van der Waals surface area contributed by atoms with Crippen LogP contribution in [0.15, 0.2) is 35.7 Å². The van der Waals surface area contributed by atoms with E-state index in [-0.39, 0.29) is 5.24 Å². The van der Waals surface area contributed by atoms with Crippen LogP contribution in [0.25, 0.3) is 11.3 Å². The number of piperazine rings is 1. The summed E-state index contributed by atoms with van der Waals surface area (Å²) >= 11 is 2.57. The molecule has 0 unspecified atom stereocenters. The van der Waals surface area contributed by atoms with Gasteiger partial charge in [0, 0.05) is 81.3 Å². The fourth-order valence-corrected chi connectivity index (χ4v) is 6.66. The zero-order valence-corrected chi connectivity index (χ0v) is 23.8. The van der Waals surface area contributed by atoms with Crippen LogP contribution in [0, 0.1) is 0 Å². The molecule has 0 atom stereocenters. The summed E-state index contributed by atoms with van der Waals surface area (Å²) in [6, 6.07) is 9.95. The molecule has 6 rings (SSSR count). The third kappa shape index (κ3) is 6.01. The van der Waals surface area contributed by atoms with E-state index in [2.05, 4.69) is 30.5 Å². The van der Waals surface area contributed by atoms with E-state index in [4.69, 9.17) is 14.7 Å². The van der Waals surface area contributed by atoms with E-state index in [9.17, 15) is 4.79 Å². The van der Waals surface area contributed by atoms with Gasteiger partial charge in [0.2, 0.25) is 5.95 Å². The van der Waals surface area contributed by atoms with Crippen LogP contribution in [0.2, 0.25) is 0 Å². The van der Waals surface area contributed by atoms with Gasteiger partial charge in [0.15, 0.2) is 5.13 Å². The molecule has 3 aliphatic heterocycles. The SMILES string of the molecule is COc1cccc(-c2csc(NSC(=O)N3CCN(c4cc(N5CCCC5)nc(N5CCCC5)n4)CC3)n2)c1. The number of nitrogens with one attached hydrogen (secondary N) is 1. The number of hydrogen-bond acceptors (Lipinski definition) is 11. The van der Waals surface area contributed by atoms with E-state index < -0.39 is 0 Å². The first-order valence-electron chi connectivity index (χ1n) is 13.6. The summed E-state index contributed by atoms with van der Waals surface area (Å²) < 4.78 is 8.45. The summed E-state index contributed by atoms with van der Waals surface area (Å²) in [5.41, 5.74) is 1.84. The number of benzene rings is 1. The highest BCUT2D eigenvalue weighted by Gasteiger charge is 2.26. The number of methoxy groups -OCH3 is 1. The Bertz CT molecular complexity index is 1250. The van der Waals surface area contributed by atoms with Crippen LogP contribution < -0.4 is 24.2 Å². The van der Waals surface area contributed by atoms with Gasteiger partial charge < -0.3 is 24.3 Å². The summed E-state index contributed by atoms with van der Waals surface area (Å²) in [5, 5.41) is 2.69. The van der Waals surface area contributed by atoms with Crippen molar-refractivity contribution in [3.63, 3.8) is 0 Å². The van der Waals surface area contributed by atoms with Crippen LogP contribution in [-0.4, -0.2) is 84.6 Å². The van der Waals surface area contributed by atoms with E-state index in [1.165, 1.54) is 37.0 Å². The number of hydrogen-bond donors (Lipinski definition) is 1. The van der Waals surface area contributed by atoms with Gasteiger partial charge >= 0.3 is 5.24 Å². The highest BCUT2D eigenvalue weighted by molar-refractivity contribution is 8.14. The van der Waals surface area contributed by atoms with Crippen molar-refractivity contribution in [3.05, 3.63) is 35.7 Å². The lowest BCUT2D eigenvalue weighted by atomic mass is 10.2. The molecule has 0 aliphatic carbocycles. The number of amides is 1. The Morgan fingerprint density at radius 3 is 2.23 bits per heavy atom. The maximum atomic E-state index is 13.0. The number of thiazole rings is 1. The fraction of sp³-hybridized carbons (Fsp3) is 0.481. The third-order valence-electron chi connectivity index (χ3n) is 7.46. The van der Waals surface area contributed by atoms with Gasteiger partial charge in [0.25, 0.3) is 0 Å². The summed E-state index contributed by atoms with van der Waals surface area (Å²) in [7, 11) is 1.65. The second kappa shape index (κ2) is 11.9. The van der Waals surface area contributed by atoms with Crippen LogP contribution in [0.5, 0.6) is 5.75 Å². The van der Waals surface area contributed by atoms with Crippen LogP contribution in [0.4, 0.5) is 27.5 Å². The molecule has 39 heavy (non-hydrogen) atoms. The zero-order valence-electron chi connectivity index (χ0n) is 22.2. The quantitative estimate of drug-likeness (QED) is 0.402. The first-order chi connectivity index (χ1) is 19.2. The number of aromatic nitrogens is 3. The molecule has 3 aromatic rings. The monoisotopic (exact) mass is 566 g/mol. The molecule has 5 heterocycles. The first kappa shape index (κ1) is 26.0. The van der Waals surface area contributed by atoms with E-state index >= 15 is 0 Å². The van der Waals surface area contributed by atoms with Crippen molar-refractivity contribution in [1.29, 1.82) is 0 Å². The predicted molar refractivity (Wildman–Crippen MR) is 159 cm³/mol. The van der Waals surface area contributed by atoms with Crippen molar-refractivity contribution >= 4 is 51.2 Å². The Kier molecular flexibility index (Phi) is 7.91. The van der Waals surface area contributed by atoms with E-state index in [0.717, 1.165) is 85.8 Å². The van der Waals surface area contributed by atoms with Crippen molar-refractivity contribution in [2.45, 2.75) is 25.7 Å². The second-order valence-corrected chi connectivity index (χ2v) is 11.6. The molecule has 1 N–H and O–H groups in total. The fourth-order valence-electron chi connectivity index (χ4n) is 5.24. The zero-order chi connectivity index (χ0) is 26.6. The highest BCUT2D eigenvalue weighted by Crippen LogP contribution is 2.30. The highest BCUT2D eigenvalue weighted by atomic mass is 32.2. The molecule has 206 valence electrons. The first-order valence-corrected chi connectivity index (χ1v) is 15.3. The molecule has 10 nitrogen and oxygen atoms in total. The van der Waals surface area contributed by atoms with Gasteiger partial charge in [-0.15, -0.1) is 11.3 Å². The standard InChI is InChI=1S/C27H34N8O2S2/c1-37-21-8-6-7-20(17-21)22-19-38-26(28-22)31-39-27(36)35-15-13-33(14-16-35)24-18-23(32-9-2-3-10-32)29-25(30-24)34-11-4-5-12-34/h6-8,17-19H,2-5,9-16H2,1H3,(H,28,31). The van der Waals surface area contributed by atoms with E-state index in [0.29, 0.717) is 18.2 Å². The van der Waals surface area contributed by atoms with E-state index in [1.54, 1.807) is 7.11 Å². The maximum Gasteiger partial charge on any atom is 0.302 e. The van der Waals surface area contributed by atoms with Gasteiger partial charge in [-0.05, 0) is 37.8 Å². The Balaban J connectivity index is 1.05. The smallest absolute Gasteiger partial charge is 0.302 e. The molecule has 0 bridgehead atoms. The minimum atomic E-state index is 0.00554. The lowest BCUT2D eigenvalue weighted by molar-refractivity contribution is 0.219. The van der Waals surface area contributed by atoms with Gasteiger partial charge in [-0.1, -0.05) is 12.1 Å². The minimum absolute atomic E-state index is 0.00554. The molecule has 3 aliphatic rings. The molecule has 3 saturated heterocycles. The van der Waals surface area contributed by atoms with E-state index in [1.807, 2.05) is 34.5 Å². The van der Waals surface area contributed by atoms with Crippen molar-refractivity contribution in [2.24, 2.45) is 0 Å². The number of carbonyl (C=O) groups excluding carboxylic acids is 1. The molecule has 12 heteroatoms. The number of anilines is 4. The molecule has 1 aromatic carbocycles. The third-order valence-corrected chi connectivity index (χ3v) is 9.08. The van der Waals surface area contributed by atoms with Crippen molar-refractivity contribution in [1.82, 2.24) is 19.9 Å². The van der Waals surface area contributed by atoms with Gasteiger partial charge in [-0.25, -0.2) is 4.98 Å². The van der Waals surface area contributed by atoms with Crippen LogP contribution in [0.1, 0.15) is 25.7 Å². The Labute approximate surface area is 237 Å². The number of rotatable bonds is 7. The lowest BCUT2D eigenvalue weighted by Gasteiger charge is -2.35. The summed E-state index contributed by atoms with van der Waals surface area (Å²) in [5.74, 6) is 3.65. The molecule has 1 amide bonds.